The Bertz CT molecular complexity index is 1070. The highest BCUT2D eigenvalue weighted by atomic mass is 32.2. The average molecular weight is 444 g/mol. The Labute approximate surface area is 183 Å². The van der Waals surface area contributed by atoms with Crippen LogP contribution in [-0.2, 0) is 22.9 Å². The fourth-order valence-corrected chi connectivity index (χ4v) is 5.09. The summed E-state index contributed by atoms with van der Waals surface area (Å²) in [7, 11) is -3.77. The molecular formula is C23H29N3O2S2. The lowest BCUT2D eigenvalue weighted by molar-refractivity contribution is 0.575. The van der Waals surface area contributed by atoms with Gasteiger partial charge in [0.05, 0.1) is 4.90 Å². The predicted molar refractivity (Wildman–Crippen MR) is 124 cm³/mol. The van der Waals surface area contributed by atoms with Crippen LogP contribution in [0.2, 0.25) is 0 Å². The maximum absolute atomic E-state index is 11.9. The number of primary sulfonamides is 1. The van der Waals surface area contributed by atoms with Crippen molar-refractivity contribution in [1.82, 2.24) is 9.97 Å². The van der Waals surface area contributed by atoms with Crippen LogP contribution >= 0.6 is 11.8 Å². The number of benzene rings is 2. The Morgan fingerprint density at radius 1 is 1.10 bits per heavy atom. The van der Waals surface area contributed by atoms with Gasteiger partial charge in [-0.15, -0.1) is 11.8 Å². The first-order chi connectivity index (χ1) is 14.4. The van der Waals surface area contributed by atoms with E-state index in [0.717, 1.165) is 42.1 Å². The lowest BCUT2D eigenvalue weighted by Gasteiger charge is -2.13. The molecule has 0 aliphatic heterocycles. The van der Waals surface area contributed by atoms with E-state index in [9.17, 15) is 8.42 Å². The Morgan fingerprint density at radius 2 is 1.80 bits per heavy atom. The van der Waals surface area contributed by atoms with Gasteiger partial charge in [-0.05, 0) is 49.1 Å². The SMILES string of the molecule is CCc1[nH]c(C(CC)CCc2ccc(-c3ccccc3S(N)(=O)=O)cc2)nc1SC. The Kier molecular flexibility index (Phi) is 7.39. The van der Waals surface area contributed by atoms with Crippen LogP contribution in [-0.4, -0.2) is 24.6 Å². The number of nitrogens with two attached hydrogens (primary N) is 1. The van der Waals surface area contributed by atoms with E-state index in [1.54, 1.807) is 30.0 Å². The zero-order valence-corrected chi connectivity index (χ0v) is 19.3. The molecule has 0 aliphatic rings. The van der Waals surface area contributed by atoms with Crippen LogP contribution in [0, 0.1) is 0 Å². The van der Waals surface area contributed by atoms with Crippen molar-refractivity contribution in [3.8, 4) is 11.1 Å². The number of sulfonamides is 1. The Hall–Kier alpha value is -2.09. The molecule has 0 bridgehead atoms. The molecule has 5 nitrogen and oxygen atoms in total. The fourth-order valence-electron chi connectivity index (χ4n) is 3.69. The van der Waals surface area contributed by atoms with E-state index >= 15 is 0 Å². The summed E-state index contributed by atoms with van der Waals surface area (Å²) in [5.74, 6) is 1.47. The van der Waals surface area contributed by atoms with E-state index in [0.29, 0.717) is 11.5 Å². The molecule has 0 spiro atoms. The van der Waals surface area contributed by atoms with Gasteiger partial charge in [0, 0.05) is 17.2 Å². The number of H-pyrrole nitrogens is 1. The highest BCUT2D eigenvalue weighted by Crippen LogP contribution is 2.29. The van der Waals surface area contributed by atoms with Crippen molar-refractivity contribution in [2.24, 2.45) is 5.14 Å². The summed E-state index contributed by atoms with van der Waals surface area (Å²) in [5.41, 5.74) is 3.91. The quantitative estimate of drug-likeness (QED) is 0.448. The summed E-state index contributed by atoms with van der Waals surface area (Å²) in [6.45, 7) is 4.35. The van der Waals surface area contributed by atoms with Crippen LogP contribution in [0.3, 0.4) is 0 Å². The van der Waals surface area contributed by atoms with Crippen molar-refractivity contribution in [3.63, 3.8) is 0 Å². The molecular weight excluding hydrogens is 414 g/mol. The Balaban J connectivity index is 1.74. The van der Waals surface area contributed by atoms with Gasteiger partial charge < -0.3 is 4.98 Å². The maximum atomic E-state index is 11.9. The topological polar surface area (TPSA) is 88.8 Å². The summed E-state index contributed by atoms with van der Waals surface area (Å²) >= 11 is 1.69. The molecule has 1 atom stereocenters. The van der Waals surface area contributed by atoms with Gasteiger partial charge in [0.1, 0.15) is 10.9 Å². The summed E-state index contributed by atoms with van der Waals surface area (Å²) in [4.78, 5) is 8.48. The molecule has 1 unspecified atom stereocenters. The summed E-state index contributed by atoms with van der Waals surface area (Å²) in [5, 5.41) is 6.47. The van der Waals surface area contributed by atoms with E-state index in [4.69, 9.17) is 10.1 Å². The van der Waals surface area contributed by atoms with Crippen LogP contribution in [0.15, 0.2) is 58.5 Å². The van der Waals surface area contributed by atoms with Crippen LogP contribution in [0.1, 0.15) is 49.7 Å². The molecule has 1 aromatic heterocycles. The van der Waals surface area contributed by atoms with Gasteiger partial charge in [-0.2, -0.15) is 0 Å². The van der Waals surface area contributed by atoms with E-state index in [1.165, 1.54) is 11.3 Å². The first kappa shape index (κ1) is 22.6. The zero-order valence-electron chi connectivity index (χ0n) is 17.7. The minimum atomic E-state index is -3.77. The number of rotatable bonds is 9. The lowest BCUT2D eigenvalue weighted by atomic mass is 9.95. The predicted octanol–water partition coefficient (Wildman–Crippen LogP) is 5.13. The summed E-state index contributed by atoms with van der Waals surface area (Å²) < 4.78 is 23.8. The number of thioether (sulfide) groups is 1. The number of nitrogens with one attached hydrogen (secondary N) is 1. The standard InChI is InChI=1S/C23H29N3O2S2/c1-4-17(22-25-20(5-2)23(26-22)29-3)13-10-16-11-14-18(15-12-16)19-8-6-7-9-21(19)30(24,27)28/h6-9,11-12,14-15,17H,4-5,10,13H2,1-3H3,(H,25,26)(H2,24,27,28). The third-order valence-electron chi connectivity index (χ3n) is 5.43. The fraction of sp³-hybridized carbons (Fsp3) is 0.348. The van der Waals surface area contributed by atoms with Gasteiger partial charge in [0.25, 0.3) is 0 Å². The highest BCUT2D eigenvalue weighted by molar-refractivity contribution is 7.98. The van der Waals surface area contributed by atoms with Gasteiger partial charge >= 0.3 is 0 Å². The van der Waals surface area contributed by atoms with Gasteiger partial charge in [0.2, 0.25) is 10.0 Å². The van der Waals surface area contributed by atoms with Crippen molar-refractivity contribution in [1.29, 1.82) is 0 Å². The van der Waals surface area contributed by atoms with Crippen LogP contribution in [0.25, 0.3) is 11.1 Å². The minimum absolute atomic E-state index is 0.151. The van der Waals surface area contributed by atoms with Crippen LogP contribution in [0.5, 0.6) is 0 Å². The van der Waals surface area contributed by atoms with E-state index in [1.807, 2.05) is 18.2 Å². The minimum Gasteiger partial charge on any atom is -0.345 e. The molecule has 0 aliphatic carbocycles. The smallest absolute Gasteiger partial charge is 0.238 e. The number of aryl methyl sites for hydroxylation is 2. The molecule has 0 amide bonds. The van der Waals surface area contributed by atoms with Crippen molar-refractivity contribution >= 4 is 21.8 Å². The molecule has 0 saturated heterocycles. The number of hydrogen-bond acceptors (Lipinski definition) is 4. The molecule has 160 valence electrons. The molecule has 0 radical (unpaired) electrons. The number of aromatic nitrogens is 2. The molecule has 1 heterocycles. The van der Waals surface area contributed by atoms with E-state index in [2.05, 4.69) is 37.2 Å². The zero-order chi connectivity index (χ0) is 21.7. The average Bonchev–Trinajstić information content (AvgIpc) is 3.17. The number of aromatic amines is 1. The summed E-state index contributed by atoms with van der Waals surface area (Å²) in [6.07, 6.45) is 6.00. The number of imidazole rings is 1. The lowest BCUT2D eigenvalue weighted by Crippen LogP contribution is -2.13. The first-order valence-corrected chi connectivity index (χ1v) is 13.0. The molecule has 30 heavy (non-hydrogen) atoms. The monoisotopic (exact) mass is 443 g/mol. The van der Waals surface area contributed by atoms with Crippen molar-refractivity contribution in [2.45, 2.75) is 55.4 Å². The van der Waals surface area contributed by atoms with E-state index in [-0.39, 0.29) is 4.90 Å². The van der Waals surface area contributed by atoms with Gasteiger partial charge in [-0.25, -0.2) is 18.5 Å². The van der Waals surface area contributed by atoms with Crippen LogP contribution in [0.4, 0.5) is 0 Å². The maximum Gasteiger partial charge on any atom is 0.238 e. The van der Waals surface area contributed by atoms with Crippen molar-refractivity contribution in [3.05, 3.63) is 65.6 Å². The van der Waals surface area contributed by atoms with E-state index < -0.39 is 10.0 Å². The Morgan fingerprint density at radius 3 is 2.37 bits per heavy atom. The third-order valence-corrected chi connectivity index (χ3v) is 7.12. The summed E-state index contributed by atoms with van der Waals surface area (Å²) in [6, 6.07) is 14.9. The molecule has 3 aromatic rings. The van der Waals surface area contributed by atoms with Crippen molar-refractivity contribution < 1.29 is 8.42 Å². The highest BCUT2D eigenvalue weighted by Gasteiger charge is 2.17. The van der Waals surface area contributed by atoms with Crippen molar-refractivity contribution in [2.75, 3.05) is 6.26 Å². The first-order valence-electron chi connectivity index (χ1n) is 10.2. The number of hydrogen-bond donors (Lipinski definition) is 2. The second-order valence-corrected chi connectivity index (χ2v) is 9.67. The molecule has 0 saturated carbocycles. The van der Waals surface area contributed by atoms with Gasteiger partial charge in [-0.1, -0.05) is 56.3 Å². The molecule has 2 aromatic carbocycles. The number of nitrogens with zero attached hydrogens (tertiary/aromatic N) is 1. The molecule has 3 N–H and O–H groups in total. The normalized spacial score (nSPS) is 12.8. The molecule has 3 rings (SSSR count). The van der Waals surface area contributed by atoms with Gasteiger partial charge in [0.15, 0.2) is 0 Å². The second-order valence-electron chi connectivity index (χ2n) is 7.35. The molecule has 0 fully saturated rings. The van der Waals surface area contributed by atoms with Gasteiger partial charge in [-0.3, -0.25) is 0 Å². The van der Waals surface area contributed by atoms with Crippen LogP contribution < -0.4 is 5.14 Å². The third kappa shape index (κ3) is 5.14. The largest absolute Gasteiger partial charge is 0.345 e. The second kappa shape index (κ2) is 9.81. The molecule has 7 heteroatoms.